The molecule has 0 saturated carbocycles. The first kappa shape index (κ1) is 15.0. The normalized spacial score (nSPS) is 15.6. The van der Waals surface area contributed by atoms with Crippen molar-refractivity contribution in [2.24, 2.45) is 9.50 Å². The van der Waals surface area contributed by atoms with Crippen LogP contribution in [0, 0.1) is 0 Å². The summed E-state index contributed by atoms with van der Waals surface area (Å²) in [7, 11) is -3.66. The number of nitrogens with zero attached hydrogens (tertiary/aromatic N) is 2. The fourth-order valence-corrected chi connectivity index (χ4v) is 3.58. The van der Waals surface area contributed by atoms with Gasteiger partial charge in [-0.2, -0.15) is 13.5 Å². The molecular weight excluding hydrogens is 345 g/mol. The van der Waals surface area contributed by atoms with Gasteiger partial charge in [0, 0.05) is 16.1 Å². The lowest BCUT2D eigenvalue weighted by Crippen LogP contribution is -2.17. The summed E-state index contributed by atoms with van der Waals surface area (Å²) in [6.45, 7) is 0. The molecule has 0 unspecified atom stereocenters. The molecule has 1 N–H and O–H groups in total. The van der Waals surface area contributed by atoms with Crippen molar-refractivity contribution in [2.45, 2.75) is 4.90 Å². The number of amidine groups is 1. The van der Waals surface area contributed by atoms with Gasteiger partial charge < -0.3 is 0 Å². The SMILES string of the molecule is O=S1(=O)N=C(N/N=C/c2ccc(Cl)cc2Cl)c2ccccc21. The molecule has 2 aromatic carbocycles. The van der Waals surface area contributed by atoms with Crippen LogP contribution in [0.3, 0.4) is 0 Å². The molecule has 0 amide bonds. The van der Waals surface area contributed by atoms with Gasteiger partial charge in [-0.25, -0.2) is 0 Å². The molecule has 5 nitrogen and oxygen atoms in total. The van der Waals surface area contributed by atoms with E-state index >= 15 is 0 Å². The maximum atomic E-state index is 11.9. The molecule has 0 aromatic heterocycles. The van der Waals surface area contributed by atoms with Gasteiger partial charge in [-0.1, -0.05) is 41.4 Å². The molecule has 0 radical (unpaired) electrons. The van der Waals surface area contributed by atoms with Gasteiger partial charge in [0.15, 0.2) is 5.84 Å². The first-order valence-corrected chi connectivity index (χ1v) is 8.35. The Labute approximate surface area is 137 Å². The van der Waals surface area contributed by atoms with Gasteiger partial charge in [0.25, 0.3) is 10.0 Å². The van der Waals surface area contributed by atoms with Crippen molar-refractivity contribution in [2.75, 3.05) is 0 Å². The molecule has 1 heterocycles. The molecule has 22 heavy (non-hydrogen) atoms. The second kappa shape index (κ2) is 5.72. The van der Waals surface area contributed by atoms with Crippen LogP contribution < -0.4 is 5.43 Å². The van der Waals surface area contributed by atoms with Crippen LogP contribution in [-0.4, -0.2) is 20.5 Å². The molecule has 0 spiro atoms. The maximum absolute atomic E-state index is 11.9. The predicted octanol–water partition coefficient (Wildman–Crippen LogP) is 3.07. The summed E-state index contributed by atoms with van der Waals surface area (Å²) in [4.78, 5) is 0.164. The van der Waals surface area contributed by atoms with E-state index in [9.17, 15) is 8.42 Å². The maximum Gasteiger partial charge on any atom is 0.285 e. The van der Waals surface area contributed by atoms with Gasteiger partial charge in [-0.15, -0.1) is 4.40 Å². The van der Waals surface area contributed by atoms with E-state index < -0.39 is 10.0 Å². The first-order valence-electron chi connectivity index (χ1n) is 6.16. The largest absolute Gasteiger partial charge is 0.285 e. The van der Waals surface area contributed by atoms with Gasteiger partial charge >= 0.3 is 0 Å². The zero-order chi connectivity index (χ0) is 15.7. The summed E-state index contributed by atoms with van der Waals surface area (Å²) in [5, 5.41) is 4.95. The van der Waals surface area contributed by atoms with Crippen molar-refractivity contribution in [3.63, 3.8) is 0 Å². The monoisotopic (exact) mass is 353 g/mol. The predicted molar refractivity (Wildman–Crippen MR) is 87.4 cm³/mol. The highest BCUT2D eigenvalue weighted by Crippen LogP contribution is 2.24. The van der Waals surface area contributed by atoms with Gasteiger partial charge in [0.1, 0.15) is 4.90 Å². The Morgan fingerprint density at radius 2 is 1.91 bits per heavy atom. The van der Waals surface area contributed by atoms with Gasteiger partial charge in [0.2, 0.25) is 0 Å². The highest BCUT2D eigenvalue weighted by molar-refractivity contribution is 7.90. The molecule has 0 fully saturated rings. The molecule has 1 aliphatic rings. The number of hydrazone groups is 1. The van der Waals surface area contributed by atoms with Crippen LogP contribution in [0.2, 0.25) is 10.0 Å². The van der Waals surface area contributed by atoms with E-state index in [1.807, 2.05) is 0 Å². The van der Waals surface area contributed by atoms with Crippen LogP contribution in [-0.2, 0) is 10.0 Å². The molecule has 0 saturated heterocycles. The zero-order valence-electron chi connectivity index (χ0n) is 11.0. The summed E-state index contributed by atoms with van der Waals surface area (Å²) < 4.78 is 27.4. The zero-order valence-corrected chi connectivity index (χ0v) is 13.3. The Hall–Kier alpha value is -1.89. The first-order chi connectivity index (χ1) is 10.5. The number of fused-ring (bicyclic) bond motifs is 1. The average molecular weight is 354 g/mol. The summed E-state index contributed by atoms with van der Waals surface area (Å²) in [6, 6.07) is 11.5. The number of hydrogen-bond acceptors (Lipinski definition) is 4. The lowest BCUT2D eigenvalue weighted by atomic mass is 10.2. The summed E-state index contributed by atoms with van der Waals surface area (Å²) in [6.07, 6.45) is 1.47. The van der Waals surface area contributed by atoms with Crippen LogP contribution in [0.25, 0.3) is 0 Å². The second-order valence-corrected chi connectivity index (χ2v) is 6.86. The molecule has 0 aliphatic carbocycles. The molecule has 0 bridgehead atoms. The van der Waals surface area contributed by atoms with Crippen LogP contribution in [0.1, 0.15) is 11.1 Å². The van der Waals surface area contributed by atoms with Crippen molar-refractivity contribution in [3.8, 4) is 0 Å². The molecule has 8 heteroatoms. The van der Waals surface area contributed by atoms with E-state index in [-0.39, 0.29) is 10.7 Å². The smallest absolute Gasteiger partial charge is 0.260 e. The summed E-state index contributed by atoms with van der Waals surface area (Å²) in [5.74, 6) is 0.178. The number of benzene rings is 2. The van der Waals surface area contributed by atoms with E-state index in [0.29, 0.717) is 21.2 Å². The highest BCUT2D eigenvalue weighted by Gasteiger charge is 2.28. The van der Waals surface area contributed by atoms with Gasteiger partial charge in [0.05, 0.1) is 11.2 Å². The minimum Gasteiger partial charge on any atom is -0.260 e. The quantitative estimate of drug-likeness (QED) is 0.666. The molecular formula is C14H9Cl2N3O2S. The Morgan fingerprint density at radius 1 is 1.14 bits per heavy atom. The summed E-state index contributed by atoms with van der Waals surface area (Å²) in [5.41, 5.74) is 3.77. The Bertz CT molecular complexity index is 908. The Kier molecular flexibility index (Phi) is 3.90. The number of hydrogen-bond donors (Lipinski definition) is 1. The van der Waals surface area contributed by atoms with E-state index in [1.54, 1.807) is 36.4 Å². The van der Waals surface area contributed by atoms with E-state index in [4.69, 9.17) is 23.2 Å². The molecule has 1 aliphatic heterocycles. The van der Waals surface area contributed by atoms with Crippen molar-refractivity contribution >= 4 is 45.3 Å². The Morgan fingerprint density at radius 3 is 2.68 bits per heavy atom. The molecule has 3 rings (SSSR count). The topological polar surface area (TPSA) is 70.9 Å². The lowest BCUT2D eigenvalue weighted by molar-refractivity contribution is 0.599. The van der Waals surface area contributed by atoms with E-state index in [0.717, 1.165) is 0 Å². The molecule has 0 atom stereocenters. The van der Waals surface area contributed by atoms with Crippen LogP contribution in [0.15, 0.2) is 56.9 Å². The minimum atomic E-state index is -3.66. The van der Waals surface area contributed by atoms with Crippen LogP contribution >= 0.6 is 23.2 Å². The van der Waals surface area contributed by atoms with E-state index in [1.165, 1.54) is 12.3 Å². The third-order valence-corrected chi connectivity index (χ3v) is 4.87. The lowest BCUT2D eigenvalue weighted by Gasteiger charge is -2.01. The number of sulfonamides is 1. The van der Waals surface area contributed by atoms with Crippen molar-refractivity contribution in [3.05, 3.63) is 63.6 Å². The van der Waals surface area contributed by atoms with Crippen molar-refractivity contribution < 1.29 is 8.42 Å². The van der Waals surface area contributed by atoms with Crippen LogP contribution in [0.5, 0.6) is 0 Å². The number of nitrogens with one attached hydrogen (secondary N) is 1. The third kappa shape index (κ3) is 2.85. The Balaban J connectivity index is 1.85. The van der Waals surface area contributed by atoms with Crippen LogP contribution in [0.4, 0.5) is 0 Å². The van der Waals surface area contributed by atoms with Crippen molar-refractivity contribution in [1.29, 1.82) is 0 Å². The minimum absolute atomic E-state index is 0.164. The second-order valence-electron chi connectivity index (χ2n) is 4.45. The standard InChI is InChI=1S/C14H9Cl2N3O2S/c15-10-6-5-9(12(16)7-10)8-17-18-14-11-3-1-2-4-13(11)22(20,21)19-14/h1-8H,(H,18,19)/b17-8+. The number of rotatable bonds is 2. The number of halogens is 2. The van der Waals surface area contributed by atoms with Gasteiger partial charge in [-0.3, -0.25) is 5.43 Å². The third-order valence-electron chi connectivity index (χ3n) is 2.97. The average Bonchev–Trinajstić information content (AvgIpc) is 2.73. The molecule has 2 aromatic rings. The highest BCUT2D eigenvalue weighted by atomic mass is 35.5. The van der Waals surface area contributed by atoms with Gasteiger partial charge in [-0.05, 0) is 24.3 Å². The fourth-order valence-electron chi connectivity index (χ4n) is 1.96. The summed E-state index contributed by atoms with van der Waals surface area (Å²) >= 11 is 11.8. The fraction of sp³-hybridized carbons (Fsp3) is 0. The molecule has 112 valence electrons. The van der Waals surface area contributed by atoms with Crippen molar-refractivity contribution in [1.82, 2.24) is 5.43 Å². The van der Waals surface area contributed by atoms with E-state index in [2.05, 4.69) is 14.9 Å².